The Labute approximate surface area is 185 Å². The fourth-order valence-electron chi connectivity index (χ4n) is 3.32. The van der Waals surface area contributed by atoms with Crippen LogP contribution in [0.2, 0.25) is 0 Å². The third-order valence-corrected chi connectivity index (χ3v) is 5.01. The third-order valence-electron chi connectivity index (χ3n) is 5.01. The van der Waals surface area contributed by atoms with E-state index in [0.717, 1.165) is 19.3 Å². The number of imidazole rings is 1. The van der Waals surface area contributed by atoms with Gasteiger partial charge in [-0.05, 0) is 12.8 Å². The number of nitrogen functional groups attached to an aromatic ring is 1. The lowest BCUT2D eigenvalue weighted by atomic mass is 10.1. The zero-order valence-corrected chi connectivity index (χ0v) is 18.4. The van der Waals surface area contributed by atoms with Crippen molar-refractivity contribution in [2.24, 2.45) is 0 Å². The molecule has 0 amide bonds. The van der Waals surface area contributed by atoms with Crippen molar-refractivity contribution in [3.8, 4) is 11.8 Å². The monoisotopic (exact) mass is 449 g/mol. The number of benzene rings is 1. The number of fused-ring (bicyclic) bond motifs is 1. The molecule has 10 heteroatoms. The average Bonchev–Trinajstić information content (AvgIpc) is 3.14. The third kappa shape index (κ3) is 5.61. The van der Waals surface area contributed by atoms with E-state index >= 15 is 0 Å². The maximum Gasteiger partial charge on any atom is 0.336 e. The van der Waals surface area contributed by atoms with Crippen molar-refractivity contribution < 1.29 is 23.4 Å². The Kier molecular flexibility index (Phi) is 8.15. The van der Waals surface area contributed by atoms with E-state index in [0.29, 0.717) is 25.1 Å². The van der Waals surface area contributed by atoms with Gasteiger partial charge in [-0.25, -0.2) is 18.3 Å². The highest BCUT2D eigenvalue weighted by Gasteiger charge is 2.19. The maximum atomic E-state index is 14.7. The van der Waals surface area contributed by atoms with Crippen LogP contribution in [0.5, 0.6) is 11.8 Å². The van der Waals surface area contributed by atoms with Crippen LogP contribution in [0.1, 0.15) is 57.2 Å². The fourth-order valence-corrected chi connectivity index (χ4v) is 3.32. The molecule has 1 aromatic carbocycles. The molecule has 0 fully saturated rings. The number of nitrogens with two attached hydrogens (primary N) is 1. The quantitative estimate of drug-likeness (QED) is 0.406. The van der Waals surface area contributed by atoms with Crippen LogP contribution in [0, 0.1) is 11.6 Å². The van der Waals surface area contributed by atoms with Gasteiger partial charge in [-0.15, -0.1) is 5.10 Å². The Balaban J connectivity index is 1.87. The summed E-state index contributed by atoms with van der Waals surface area (Å²) in [6, 6.07) is 2.38. The van der Waals surface area contributed by atoms with Crippen molar-refractivity contribution in [3.63, 3.8) is 0 Å². The first kappa shape index (κ1) is 23.6. The predicted octanol–water partition coefficient (Wildman–Crippen LogP) is 3.68. The molecule has 0 spiro atoms. The van der Waals surface area contributed by atoms with E-state index in [1.165, 1.54) is 22.8 Å². The van der Waals surface area contributed by atoms with E-state index in [4.69, 9.17) is 15.2 Å². The highest BCUT2D eigenvalue weighted by molar-refractivity contribution is 5.59. The molecule has 8 nitrogen and oxygen atoms in total. The molecule has 0 saturated heterocycles. The van der Waals surface area contributed by atoms with E-state index in [1.54, 1.807) is 0 Å². The highest BCUT2D eigenvalue weighted by Crippen LogP contribution is 2.25. The number of hydrogen-bond donors (Lipinski definition) is 2. The summed E-state index contributed by atoms with van der Waals surface area (Å²) < 4.78 is 41.9. The number of unbranched alkanes of at least 4 members (excludes halogenated alkanes) is 1. The molecule has 2 aromatic heterocycles. The van der Waals surface area contributed by atoms with E-state index in [1.807, 2.05) is 13.8 Å². The first-order valence-electron chi connectivity index (χ1n) is 10.8. The van der Waals surface area contributed by atoms with Crippen LogP contribution in [0.4, 0.5) is 14.6 Å². The van der Waals surface area contributed by atoms with Crippen molar-refractivity contribution in [2.75, 3.05) is 18.9 Å². The summed E-state index contributed by atoms with van der Waals surface area (Å²) >= 11 is 0. The van der Waals surface area contributed by atoms with Crippen LogP contribution in [0.25, 0.3) is 5.65 Å². The van der Waals surface area contributed by atoms with Crippen LogP contribution in [0.3, 0.4) is 0 Å². The number of nitrogens with zero attached hydrogens (tertiary/aromatic N) is 4. The van der Waals surface area contributed by atoms with Crippen molar-refractivity contribution in [1.29, 1.82) is 0 Å². The second kappa shape index (κ2) is 11.0. The summed E-state index contributed by atoms with van der Waals surface area (Å²) in [5, 5.41) is 13.5. The van der Waals surface area contributed by atoms with Crippen LogP contribution >= 0.6 is 0 Å². The maximum absolute atomic E-state index is 14.7. The highest BCUT2D eigenvalue weighted by atomic mass is 19.1. The Bertz CT molecular complexity index is 1010. The first-order valence-corrected chi connectivity index (χ1v) is 10.8. The van der Waals surface area contributed by atoms with E-state index in [2.05, 4.69) is 15.1 Å². The number of ether oxygens (including phenoxy) is 2. The number of aliphatic hydroxyl groups is 1. The Morgan fingerprint density at radius 2 is 1.91 bits per heavy atom. The minimum atomic E-state index is -0.712. The number of aliphatic hydroxyl groups excluding tert-OH is 1. The molecular weight excluding hydrogens is 420 g/mol. The van der Waals surface area contributed by atoms with Crippen LogP contribution in [0.15, 0.2) is 18.3 Å². The predicted molar refractivity (Wildman–Crippen MR) is 116 cm³/mol. The molecule has 3 rings (SSSR count). The second-order valence-corrected chi connectivity index (χ2v) is 7.55. The van der Waals surface area contributed by atoms with Gasteiger partial charge >= 0.3 is 6.01 Å². The lowest BCUT2D eigenvalue weighted by Gasteiger charge is -2.16. The Hall–Kier alpha value is -3.01. The number of anilines is 1. The molecule has 0 aliphatic carbocycles. The molecule has 1 atom stereocenters. The van der Waals surface area contributed by atoms with E-state index < -0.39 is 11.6 Å². The largest absolute Gasteiger partial charge is 0.493 e. The SMILES string of the molecule is CCCCOc1cc(F)c(Cc2cnc3c(N)nc(OC(CCC)CCO)nn23)c(F)c1. The standard InChI is InChI=1S/C22H29F2N5O3/c1-3-5-9-31-16-11-18(23)17(19(24)12-16)10-14-13-26-21-20(25)27-22(28-29(14)21)32-15(6-4-2)7-8-30/h11-13,15,30H,3-10H2,1-2H3,(H2,25,27,28). The van der Waals surface area contributed by atoms with Gasteiger partial charge in [0, 0.05) is 37.1 Å². The molecule has 0 aliphatic heterocycles. The lowest BCUT2D eigenvalue weighted by Crippen LogP contribution is -2.20. The van der Waals surface area contributed by atoms with Crippen molar-refractivity contribution in [1.82, 2.24) is 19.6 Å². The molecular formula is C22H29F2N5O3. The zero-order chi connectivity index (χ0) is 23.1. The Morgan fingerprint density at radius 3 is 2.56 bits per heavy atom. The van der Waals surface area contributed by atoms with E-state index in [9.17, 15) is 13.9 Å². The van der Waals surface area contributed by atoms with Gasteiger partial charge in [0.15, 0.2) is 11.5 Å². The van der Waals surface area contributed by atoms with Gasteiger partial charge in [-0.3, -0.25) is 0 Å². The molecule has 0 saturated carbocycles. The van der Waals surface area contributed by atoms with Gasteiger partial charge in [0.25, 0.3) is 0 Å². The van der Waals surface area contributed by atoms with Crippen LogP contribution < -0.4 is 15.2 Å². The molecule has 0 aliphatic rings. The fraction of sp³-hybridized carbons (Fsp3) is 0.500. The summed E-state index contributed by atoms with van der Waals surface area (Å²) in [5.41, 5.74) is 6.56. The van der Waals surface area contributed by atoms with Crippen molar-refractivity contribution >= 4 is 11.5 Å². The summed E-state index contributed by atoms with van der Waals surface area (Å²) in [5.74, 6) is -1.18. The first-order chi connectivity index (χ1) is 15.5. The smallest absolute Gasteiger partial charge is 0.336 e. The van der Waals surface area contributed by atoms with Gasteiger partial charge in [0.2, 0.25) is 0 Å². The van der Waals surface area contributed by atoms with Gasteiger partial charge < -0.3 is 20.3 Å². The number of halogens is 2. The normalized spacial score (nSPS) is 12.3. The summed E-state index contributed by atoms with van der Waals surface area (Å²) in [6.45, 7) is 4.38. The Morgan fingerprint density at radius 1 is 1.16 bits per heavy atom. The molecule has 0 bridgehead atoms. The second-order valence-electron chi connectivity index (χ2n) is 7.55. The molecule has 174 valence electrons. The number of rotatable bonds is 12. The zero-order valence-electron chi connectivity index (χ0n) is 18.4. The molecule has 3 N–H and O–H groups in total. The van der Waals surface area contributed by atoms with Gasteiger partial charge in [-0.2, -0.15) is 4.98 Å². The molecule has 1 unspecified atom stereocenters. The lowest BCUT2D eigenvalue weighted by molar-refractivity contribution is 0.133. The van der Waals surface area contributed by atoms with Crippen molar-refractivity contribution in [2.45, 2.75) is 58.5 Å². The molecule has 3 aromatic rings. The van der Waals surface area contributed by atoms with Crippen molar-refractivity contribution in [3.05, 3.63) is 41.2 Å². The summed E-state index contributed by atoms with van der Waals surface area (Å²) in [4.78, 5) is 8.30. The van der Waals surface area contributed by atoms with Gasteiger partial charge in [-0.1, -0.05) is 26.7 Å². The number of hydrogen-bond acceptors (Lipinski definition) is 7. The summed E-state index contributed by atoms with van der Waals surface area (Å²) in [6.07, 6.45) is 4.80. The average molecular weight is 450 g/mol. The minimum absolute atomic E-state index is 0.0155. The molecule has 0 radical (unpaired) electrons. The number of aromatic nitrogens is 4. The molecule has 2 heterocycles. The topological polar surface area (TPSA) is 108 Å². The van der Waals surface area contributed by atoms with E-state index in [-0.39, 0.29) is 47.9 Å². The van der Waals surface area contributed by atoms with Crippen LogP contribution in [-0.2, 0) is 6.42 Å². The van der Waals surface area contributed by atoms with Crippen LogP contribution in [-0.4, -0.2) is 44.0 Å². The summed E-state index contributed by atoms with van der Waals surface area (Å²) in [7, 11) is 0. The van der Waals surface area contributed by atoms with Gasteiger partial charge in [0.1, 0.15) is 23.5 Å². The van der Waals surface area contributed by atoms with Gasteiger partial charge in [0.05, 0.1) is 18.5 Å². The molecule has 32 heavy (non-hydrogen) atoms. The minimum Gasteiger partial charge on any atom is -0.493 e.